The molecule has 0 fully saturated rings. The van der Waals surface area contributed by atoms with Gasteiger partial charge in [0.05, 0.1) is 6.42 Å². The first-order valence-electron chi connectivity index (χ1n) is 6.37. The summed E-state index contributed by atoms with van der Waals surface area (Å²) < 4.78 is 0. The molecule has 1 aliphatic heterocycles. The lowest BCUT2D eigenvalue weighted by atomic mass is 10.1. The predicted octanol–water partition coefficient (Wildman–Crippen LogP) is 2.22. The average Bonchev–Trinajstić information content (AvgIpc) is 2.73. The molecule has 1 aromatic rings. The highest BCUT2D eigenvalue weighted by molar-refractivity contribution is 6.02. The van der Waals surface area contributed by atoms with Crippen molar-refractivity contribution < 1.29 is 9.59 Å². The lowest BCUT2D eigenvalue weighted by molar-refractivity contribution is -0.115. The molecule has 1 aliphatic rings. The molecule has 4 nitrogen and oxygen atoms in total. The summed E-state index contributed by atoms with van der Waals surface area (Å²) in [7, 11) is 0. The van der Waals surface area contributed by atoms with Crippen LogP contribution in [0.3, 0.4) is 0 Å². The molecule has 1 heterocycles. The Morgan fingerprint density at radius 1 is 1.47 bits per heavy atom. The number of fused-ring (bicyclic) bond motifs is 1. The lowest BCUT2D eigenvalue weighted by Crippen LogP contribution is -2.32. The Balaban J connectivity index is 2.22. The number of likely N-dealkylation sites (N-methyl/N-ethyl adjacent to an activating group) is 1. The third-order valence-electron chi connectivity index (χ3n) is 3.11. The second-order valence-electron chi connectivity index (χ2n) is 4.87. The Bertz CT molecular complexity index is 549. The van der Waals surface area contributed by atoms with Gasteiger partial charge in [0.25, 0.3) is 5.91 Å². The number of nitrogens with one attached hydrogen (secondary N) is 1. The lowest BCUT2D eigenvalue weighted by Gasteiger charge is -2.21. The van der Waals surface area contributed by atoms with Crippen LogP contribution in [0.2, 0.25) is 0 Å². The highest BCUT2D eigenvalue weighted by Crippen LogP contribution is 2.24. The zero-order valence-corrected chi connectivity index (χ0v) is 11.3. The first-order valence-corrected chi connectivity index (χ1v) is 6.37. The van der Waals surface area contributed by atoms with Gasteiger partial charge < -0.3 is 10.2 Å². The molecule has 100 valence electrons. The van der Waals surface area contributed by atoms with Gasteiger partial charge in [-0.1, -0.05) is 18.2 Å². The van der Waals surface area contributed by atoms with E-state index in [4.69, 9.17) is 0 Å². The van der Waals surface area contributed by atoms with Crippen molar-refractivity contribution in [1.82, 2.24) is 4.90 Å². The van der Waals surface area contributed by atoms with Gasteiger partial charge in [0.2, 0.25) is 5.91 Å². The molecule has 2 amide bonds. The summed E-state index contributed by atoms with van der Waals surface area (Å²) in [6.45, 7) is 8.87. The van der Waals surface area contributed by atoms with Crippen molar-refractivity contribution in [3.63, 3.8) is 0 Å². The van der Waals surface area contributed by atoms with Gasteiger partial charge in [-0.05, 0) is 31.5 Å². The zero-order valence-electron chi connectivity index (χ0n) is 11.3. The number of hydrogen-bond acceptors (Lipinski definition) is 2. The number of benzene rings is 1. The Morgan fingerprint density at radius 2 is 2.21 bits per heavy atom. The number of hydrogen-bond donors (Lipinski definition) is 1. The van der Waals surface area contributed by atoms with Gasteiger partial charge in [0, 0.05) is 24.3 Å². The van der Waals surface area contributed by atoms with Crippen LogP contribution in [0.4, 0.5) is 5.69 Å². The highest BCUT2D eigenvalue weighted by Gasteiger charge is 2.20. The topological polar surface area (TPSA) is 49.4 Å². The van der Waals surface area contributed by atoms with E-state index in [-0.39, 0.29) is 11.8 Å². The van der Waals surface area contributed by atoms with Crippen molar-refractivity contribution in [1.29, 1.82) is 0 Å². The Kier molecular flexibility index (Phi) is 3.69. The Hall–Kier alpha value is -2.10. The molecule has 0 bridgehead atoms. The predicted molar refractivity (Wildman–Crippen MR) is 75.2 cm³/mol. The number of carbonyl (C=O) groups is 2. The Labute approximate surface area is 113 Å². The monoisotopic (exact) mass is 258 g/mol. The molecule has 0 aromatic heterocycles. The second kappa shape index (κ2) is 5.26. The van der Waals surface area contributed by atoms with Crippen molar-refractivity contribution in [2.24, 2.45) is 0 Å². The van der Waals surface area contributed by atoms with E-state index < -0.39 is 0 Å². The molecule has 0 radical (unpaired) electrons. The van der Waals surface area contributed by atoms with E-state index in [0.717, 1.165) is 16.8 Å². The number of rotatable bonds is 4. The minimum atomic E-state index is -0.0329. The van der Waals surface area contributed by atoms with Crippen LogP contribution < -0.4 is 5.32 Å². The molecule has 0 unspecified atom stereocenters. The van der Waals surface area contributed by atoms with Crippen LogP contribution in [-0.2, 0) is 11.2 Å². The van der Waals surface area contributed by atoms with Crippen LogP contribution in [0.5, 0.6) is 0 Å². The van der Waals surface area contributed by atoms with Crippen molar-refractivity contribution in [3.05, 3.63) is 41.5 Å². The molecule has 0 aliphatic carbocycles. The molecule has 1 N–H and O–H groups in total. The summed E-state index contributed by atoms with van der Waals surface area (Å²) in [6.07, 6.45) is 0.396. The summed E-state index contributed by atoms with van der Waals surface area (Å²) in [5.41, 5.74) is 3.25. The quantitative estimate of drug-likeness (QED) is 0.842. The van der Waals surface area contributed by atoms with Crippen LogP contribution in [0.25, 0.3) is 0 Å². The molecule has 0 saturated heterocycles. The average molecular weight is 258 g/mol. The summed E-state index contributed by atoms with van der Waals surface area (Å²) >= 11 is 0. The van der Waals surface area contributed by atoms with E-state index >= 15 is 0 Å². The van der Waals surface area contributed by atoms with E-state index in [2.05, 4.69) is 11.9 Å². The van der Waals surface area contributed by atoms with E-state index in [1.54, 1.807) is 17.0 Å². The van der Waals surface area contributed by atoms with Crippen molar-refractivity contribution in [2.45, 2.75) is 20.3 Å². The van der Waals surface area contributed by atoms with Gasteiger partial charge in [-0.2, -0.15) is 0 Å². The minimum Gasteiger partial charge on any atom is -0.335 e. The van der Waals surface area contributed by atoms with E-state index in [9.17, 15) is 9.59 Å². The molecular formula is C15H18N2O2. The van der Waals surface area contributed by atoms with Crippen LogP contribution in [0, 0.1) is 0 Å². The molecule has 0 spiro atoms. The molecule has 0 saturated carbocycles. The van der Waals surface area contributed by atoms with Crippen LogP contribution >= 0.6 is 0 Å². The van der Waals surface area contributed by atoms with Crippen LogP contribution in [0.1, 0.15) is 29.8 Å². The largest absolute Gasteiger partial charge is 0.335 e. The van der Waals surface area contributed by atoms with Crippen molar-refractivity contribution >= 4 is 17.5 Å². The molecule has 1 aromatic carbocycles. The first kappa shape index (κ1) is 13.3. The van der Waals surface area contributed by atoms with Crippen LogP contribution in [0.15, 0.2) is 30.4 Å². The fourth-order valence-electron chi connectivity index (χ4n) is 2.18. The number of nitrogens with zero attached hydrogens (tertiary/aromatic N) is 1. The van der Waals surface area contributed by atoms with Crippen molar-refractivity contribution in [3.8, 4) is 0 Å². The Morgan fingerprint density at radius 3 is 2.84 bits per heavy atom. The normalized spacial score (nSPS) is 12.8. The summed E-state index contributed by atoms with van der Waals surface area (Å²) in [6, 6.07) is 5.38. The fourth-order valence-corrected chi connectivity index (χ4v) is 2.18. The van der Waals surface area contributed by atoms with Gasteiger partial charge >= 0.3 is 0 Å². The standard InChI is InChI=1S/C15H18N2O2/c1-4-17(9-10(2)3)15(19)12-6-5-11-8-14(18)16-13(11)7-12/h5-7H,2,4,8-9H2,1,3H3,(H,16,18). The molecule has 4 heteroatoms. The number of amides is 2. The third-order valence-corrected chi connectivity index (χ3v) is 3.11. The van der Waals surface area contributed by atoms with Gasteiger partial charge in [-0.25, -0.2) is 0 Å². The maximum atomic E-state index is 12.4. The summed E-state index contributed by atoms with van der Waals surface area (Å²) in [4.78, 5) is 25.4. The molecule has 19 heavy (non-hydrogen) atoms. The SMILES string of the molecule is C=C(C)CN(CC)C(=O)c1ccc2c(c1)NC(=O)C2. The van der Waals surface area contributed by atoms with Gasteiger partial charge in [-0.3, -0.25) is 9.59 Å². The fraction of sp³-hybridized carbons (Fsp3) is 0.333. The minimum absolute atomic E-state index is 0.0196. The smallest absolute Gasteiger partial charge is 0.254 e. The zero-order chi connectivity index (χ0) is 14.0. The maximum Gasteiger partial charge on any atom is 0.254 e. The summed E-state index contributed by atoms with van der Waals surface area (Å²) in [5.74, 6) is -0.0525. The van der Waals surface area contributed by atoms with Gasteiger partial charge in [0.1, 0.15) is 0 Å². The maximum absolute atomic E-state index is 12.4. The molecule has 0 atom stereocenters. The molecule has 2 rings (SSSR count). The van der Waals surface area contributed by atoms with Crippen molar-refractivity contribution in [2.75, 3.05) is 18.4 Å². The number of anilines is 1. The summed E-state index contributed by atoms with van der Waals surface area (Å²) in [5, 5.41) is 2.76. The van der Waals surface area contributed by atoms with E-state index in [0.29, 0.717) is 25.1 Å². The van der Waals surface area contributed by atoms with Gasteiger partial charge in [0.15, 0.2) is 0 Å². The van der Waals surface area contributed by atoms with Gasteiger partial charge in [-0.15, -0.1) is 0 Å². The van der Waals surface area contributed by atoms with E-state index in [1.165, 1.54) is 0 Å². The highest BCUT2D eigenvalue weighted by atomic mass is 16.2. The second-order valence-corrected chi connectivity index (χ2v) is 4.87. The van der Waals surface area contributed by atoms with E-state index in [1.807, 2.05) is 19.9 Å². The number of carbonyl (C=O) groups excluding carboxylic acids is 2. The third kappa shape index (κ3) is 2.84. The first-order chi connectivity index (χ1) is 9.01. The molecular weight excluding hydrogens is 240 g/mol. The van der Waals surface area contributed by atoms with Crippen LogP contribution in [-0.4, -0.2) is 29.8 Å².